The first kappa shape index (κ1) is 31.9. The predicted octanol–water partition coefficient (Wildman–Crippen LogP) is 9.87. The summed E-state index contributed by atoms with van der Waals surface area (Å²) in [4.78, 5) is 12.8. The lowest BCUT2D eigenvalue weighted by molar-refractivity contribution is -0.159. The van der Waals surface area contributed by atoms with Crippen molar-refractivity contribution in [3.05, 3.63) is 35.9 Å². The first-order chi connectivity index (χ1) is 17.8. The van der Waals surface area contributed by atoms with Gasteiger partial charge >= 0.3 is 5.97 Å². The molecule has 0 radical (unpaired) electrons. The quantitative estimate of drug-likeness (QED) is 0.148. The predicted molar refractivity (Wildman–Crippen MR) is 159 cm³/mol. The van der Waals surface area contributed by atoms with Crippen LogP contribution in [-0.4, -0.2) is 17.6 Å². The Morgan fingerprint density at radius 2 is 1.30 bits per heavy atom. The molecule has 1 N–H and O–H groups in total. The third-order valence-electron chi connectivity index (χ3n) is 9.10. The molecule has 1 aromatic rings. The normalized spacial score (nSPS) is 25.8. The molecule has 4 atom stereocenters. The van der Waals surface area contributed by atoms with E-state index in [0.29, 0.717) is 6.42 Å². The zero-order valence-corrected chi connectivity index (χ0v) is 25.1. The summed E-state index contributed by atoms with van der Waals surface area (Å²) in [5, 5.41) is 3.93. The number of ether oxygens (including phenoxy) is 1. The highest BCUT2D eigenvalue weighted by atomic mass is 16.5. The molecule has 212 valence electrons. The summed E-state index contributed by atoms with van der Waals surface area (Å²) >= 11 is 0. The second-order valence-electron chi connectivity index (χ2n) is 12.3. The largest absolute Gasteiger partial charge is 0.462 e. The molecule has 37 heavy (non-hydrogen) atoms. The molecule has 1 aliphatic heterocycles. The van der Waals surface area contributed by atoms with Crippen LogP contribution in [0.2, 0.25) is 0 Å². The number of rotatable bonds is 19. The van der Waals surface area contributed by atoms with Crippen LogP contribution in [0.15, 0.2) is 30.3 Å². The van der Waals surface area contributed by atoms with Crippen LogP contribution in [0.25, 0.3) is 0 Å². The fraction of sp³-hybridized carbons (Fsp3) is 0.794. The van der Waals surface area contributed by atoms with E-state index in [1.54, 1.807) is 0 Å². The van der Waals surface area contributed by atoms with Gasteiger partial charge in [0.2, 0.25) is 0 Å². The van der Waals surface area contributed by atoms with Crippen LogP contribution >= 0.6 is 0 Å². The van der Waals surface area contributed by atoms with Crippen molar-refractivity contribution in [1.82, 2.24) is 5.32 Å². The third kappa shape index (κ3) is 11.1. The maximum Gasteiger partial charge on any atom is 0.306 e. The number of hydrogen-bond acceptors (Lipinski definition) is 3. The van der Waals surface area contributed by atoms with Crippen LogP contribution in [0.5, 0.6) is 0 Å². The topological polar surface area (TPSA) is 38.3 Å². The van der Waals surface area contributed by atoms with E-state index in [2.05, 4.69) is 70.3 Å². The zero-order chi connectivity index (χ0) is 27.0. The Labute approximate surface area is 229 Å². The van der Waals surface area contributed by atoms with Crippen LogP contribution in [-0.2, 0) is 15.1 Å². The molecule has 1 saturated heterocycles. The molecule has 4 unspecified atom stereocenters. The second-order valence-corrected chi connectivity index (χ2v) is 12.3. The summed E-state index contributed by atoms with van der Waals surface area (Å²) in [5.41, 5.74) is 1.01. The van der Waals surface area contributed by atoms with E-state index >= 15 is 0 Å². The molecule has 0 aliphatic carbocycles. The van der Waals surface area contributed by atoms with Crippen LogP contribution < -0.4 is 5.32 Å². The van der Waals surface area contributed by atoms with Gasteiger partial charge in [-0.25, -0.2) is 0 Å². The molecule has 1 fully saturated rings. The highest BCUT2D eigenvalue weighted by Crippen LogP contribution is 2.43. The van der Waals surface area contributed by atoms with Gasteiger partial charge in [-0.2, -0.15) is 0 Å². The van der Waals surface area contributed by atoms with Crippen LogP contribution in [0.4, 0.5) is 0 Å². The van der Waals surface area contributed by atoms with Gasteiger partial charge in [-0.05, 0) is 32.3 Å². The minimum absolute atomic E-state index is 0.0118. The van der Waals surface area contributed by atoms with Gasteiger partial charge < -0.3 is 10.1 Å². The fourth-order valence-electron chi connectivity index (χ4n) is 6.15. The number of piperidine rings is 1. The molecule has 1 aromatic carbocycles. The van der Waals surface area contributed by atoms with Gasteiger partial charge in [0.25, 0.3) is 0 Å². The fourth-order valence-corrected chi connectivity index (χ4v) is 6.15. The van der Waals surface area contributed by atoms with Gasteiger partial charge in [-0.15, -0.1) is 0 Å². The van der Waals surface area contributed by atoms with Gasteiger partial charge in [0.15, 0.2) is 0 Å². The highest BCUT2D eigenvalue weighted by Gasteiger charge is 2.49. The number of esters is 1. The van der Waals surface area contributed by atoms with Crippen molar-refractivity contribution >= 4 is 5.97 Å². The molecule has 3 heteroatoms. The highest BCUT2D eigenvalue weighted by molar-refractivity contribution is 5.69. The summed E-state index contributed by atoms with van der Waals surface area (Å²) in [5.74, 6) is 0.196. The zero-order valence-electron chi connectivity index (χ0n) is 25.1. The second kappa shape index (κ2) is 17.3. The standard InChI is InChI=1S/C34H59NO2/c1-6-8-9-10-11-12-13-14-15-16-17-18-19-20-24-27-32(36)37-31-28-33(4,7-2)35-34(5,29(31)3)30-25-22-21-23-26-30/h21-23,25-26,29,31,35H,6-20,24,27-28H2,1-5H3. The Morgan fingerprint density at radius 1 is 0.811 bits per heavy atom. The van der Waals surface area contributed by atoms with E-state index in [1.807, 2.05) is 0 Å². The number of unbranched alkanes of at least 4 members (excludes halogenated alkanes) is 14. The maximum atomic E-state index is 12.8. The lowest BCUT2D eigenvalue weighted by Gasteiger charge is -2.53. The van der Waals surface area contributed by atoms with Crippen molar-refractivity contribution in [1.29, 1.82) is 0 Å². The Hall–Kier alpha value is -1.35. The minimum Gasteiger partial charge on any atom is -0.462 e. The SMILES string of the molecule is CCCCCCCCCCCCCCCCCC(=O)OC1CC(C)(CC)NC(C)(c2ccccc2)C1C. The molecule has 2 rings (SSSR count). The van der Waals surface area contributed by atoms with E-state index in [9.17, 15) is 4.79 Å². The van der Waals surface area contributed by atoms with E-state index in [0.717, 1.165) is 25.7 Å². The Kier molecular flexibility index (Phi) is 14.9. The molecule has 0 spiro atoms. The average molecular weight is 514 g/mol. The minimum atomic E-state index is -0.218. The van der Waals surface area contributed by atoms with E-state index < -0.39 is 0 Å². The first-order valence-electron chi connectivity index (χ1n) is 15.9. The molecule has 0 aromatic heterocycles. The Bertz CT molecular complexity index is 735. The molecule has 0 saturated carbocycles. The number of benzene rings is 1. The Balaban J connectivity index is 1.60. The molecular formula is C34H59NO2. The monoisotopic (exact) mass is 513 g/mol. The van der Waals surface area contributed by atoms with E-state index in [1.165, 1.54) is 89.0 Å². The molecule has 3 nitrogen and oxygen atoms in total. The van der Waals surface area contributed by atoms with Crippen molar-refractivity contribution in [3.8, 4) is 0 Å². The van der Waals surface area contributed by atoms with Gasteiger partial charge in [-0.3, -0.25) is 4.79 Å². The van der Waals surface area contributed by atoms with Crippen LogP contribution in [0, 0.1) is 5.92 Å². The lowest BCUT2D eigenvalue weighted by Crippen LogP contribution is -2.64. The molecule has 0 amide bonds. The van der Waals surface area contributed by atoms with Crippen molar-refractivity contribution in [3.63, 3.8) is 0 Å². The van der Waals surface area contributed by atoms with E-state index in [4.69, 9.17) is 4.74 Å². The summed E-state index contributed by atoms with van der Waals surface area (Å²) in [6.45, 7) is 11.3. The van der Waals surface area contributed by atoms with Gasteiger partial charge in [-0.1, -0.05) is 141 Å². The van der Waals surface area contributed by atoms with Crippen molar-refractivity contribution < 1.29 is 9.53 Å². The first-order valence-corrected chi connectivity index (χ1v) is 15.9. The third-order valence-corrected chi connectivity index (χ3v) is 9.10. The van der Waals surface area contributed by atoms with Gasteiger partial charge in [0.05, 0.1) is 0 Å². The number of hydrogen-bond donors (Lipinski definition) is 1. The molecule has 0 bridgehead atoms. The smallest absolute Gasteiger partial charge is 0.306 e. The Morgan fingerprint density at radius 3 is 1.78 bits per heavy atom. The molecule has 1 aliphatic rings. The lowest BCUT2D eigenvalue weighted by atomic mass is 9.68. The van der Waals surface area contributed by atoms with Crippen molar-refractivity contribution in [2.24, 2.45) is 5.92 Å². The average Bonchev–Trinajstić information content (AvgIpc) is 2.90. The van der Waals surface area contributed by atoms with Crippen LogP contribution in [0.1, 0.15) is 156 Å². The van der Waals surface area contributed by atoms with Crippen LogP contribution in [0.3, 0.4) is 0 Å². The van der Waals surface area contributed by atoms with Crippen molar-refractivity contribution in [2.75, 3.05) is 0 Å². The van der Waals surface area contributed by atoms with E-state index in [-0.39, 0.29) is 29.1 Å². The maximum absolute atomic E-state index is 12.8. The number of nitrogens with one attached hydrogen (secondary N) is 1. The summed E-state index contributed by atoms with van der Waals surface area (Å²) < 4.78 is 6.16. The molecule has 1 heterocycles. The summed E-state index contributed by atoms with van der Waals surface area (Å²) in [6, 6.07) is 10.7. The van der Waals surface area contributed by atoms with Gasteiger partial charge in [0.1, 0.15) is 6.10 Å². The molecular weight excluding hydrogens is 454 g/mol. The van der Waals surface area contributed by atoms with Gasteiger partial charge in [0, 0.05) is 29.8 Å². The number of carbonyl (C=O) groups excluding carboxylic acids is 1. The van der Waals surface area contributed by atoms with Crippen molar-refractivity contribution in [2.45, 2.75) is 167 Å². The summed E-state index contributed by atoms with van der Waals surface area (Å²) in [7, 11) is 0. The summed E-state index contributed by atoms with van der Waals surface area (Å²) in [6.07, 6.45) is 22.5. The number of carbonyl (C=O) groups is 1.